The zero-order valence-electron chi connectivity index (χ0n) is 12.0. The van der Waals surface area contributed by atoms with Crippen LogP contribution >= 0.6 is 0 Å². The first-order valence-corrected chi connectivity index (χ1v) is 6.38. The summed E-state index contributed by atoms with van der Waals surface area (Å²) < 4.78 is 0. The molecule has 2 N–H and O–H groups in total. The minimum absolute atomic E-state index is 0. The number of aliphatic hydroxyl groups is 2. The first-order chi connectivity index (χ1) is 8.83. The summed E-state index contributed by atoms with van der Waals surface area (Å²) in [5.74, 6) is 0. The standard InChI is InChI=1S/2C5H5.2C3H8O.Zr/c2*1-2-4-5-3-1;2*1-2-3-4;/h2*1-5H;2*4H,2-3H2,1H3;/q2*-1;;;+2. The molecule has 0 unspecified atom stereocenters. The summed E-state index contributed by atoms with van der Waals surface area (Å²) in [6.07, 6.45) is 1.75. The molecule has 0 aliphatic carbocycles. The number of hydrogen-bond acceptors (Lipinski definition) is 2. The van der Waals surface area contributed by atoms with Gasteiger partial charge in [0.25, 0.3) is 0 Å². The second-order valence-corrected chi connectivity index (χ2v) is 3.37. The summed E-state index contributed by atoms with van der Waals surface area (Å²) in [5.41, 5.74) is 0. The van der Waals surface area contributed by atoms with E-state index in [1.54, 1.807) is 0 Å². The van der Waals surface area contributed by atoms with E-state index >= 15 is 0 Å². The van der Waals surface area contributed by atoms with Crippen molar-refractivity contribution >= 4 is 0 Å². The maximum Gasteiger partial charge on any atom is 2.00 e. The normalized spacial score (nSPS) is 7.37. The summed E-state index contributed by atoms with van der Waals surface area (Å²) in [6.45, 7) is 4.50. The smallest absolute Gasteiger partial charge is 0.396 e. The monoisotopic (exact) mass is 340 g/mol. The van der Waals surface area contributed by atoms with Crippen LogP contribution in [0.3, 0.4) is 0 Å². The van der Waals surface area contributed by atoms with Gasteiger partial charge in [0.2, 0.25) is 0 Å². The molecule has 0 saturated heterocycles. The second kappa shape index (κ2) is 26.1. The van der Waals surface area contributed by atoms with E-state index in [4.69, 9.17) is 10.2 Å². The van der Waals surface area contributed by atoms with E-state index in [1.807, 2.05) is 74.5 Å². The average Bonchev–Trinajstić information content (AvgIpc) is 3.14. The van der Waals surface area contributed by atoms with Crippen LogP contribution in [-0.4, -0.2) is 23.4 Å². The van der Waals surface area contributed by atoms with Crippen molar-refractivity contribution in [3.63, 3.8) is 0 Å². The zero-order chi connectivity index (χ0) is 13.9. The maximum atomic E-state index is 7.88. The summed E-state index contributed by atoms with van der Waals surface area (Å²) in [5, 5.41) is 15.8. The van der Waals surface area contributed by atoms with Gasteiger partial charge in [0.05, 0.1) is 0 Å². The third-order valence-electron chi connectivity index (χ3n) is 1.56. The topological polar surface area (TPSA) is 40.5 Å². The van der Waals surface area contributed by atoms with Gasteiger partial charge in [-0.2, -0.15) is 36.4 Å². The molecule has 0 heterocycles. The van der Waals surface area contributed by atoms with Gasteiger partial charge < -0.3 is 10.2 Å². The summed E-state index contributed by atoms with van der Waals surface area (Å²) in [7, 11) is 0. The van der Waals surface area contributed by atoms with Crippen molar-refractivity contribution in [3.05, 3.63) is 60.7 Å². The molecule has 19 heavy (non-hydrogen) atoms. The van der Waals surface area contributed by atoms with Crippen molar-refractivity contribution in [3.8, 4) is 0 Å². The van der Waals surface area contributed by atoms with Crippen LogP contribution in [0.5, 0.6) is 0 Å². The molecule has 0 aliphatic heterocycles. The number of aliphatic hydroxyl groups excluding tert-OH is 2. The van der Waals surface area contributed by atoms with E-state index < -0.39 is 0 Å². The molecular weight excluding hydrogens is 315 g/mol. The molecule has 0 saturated carbocycles. The van der Waals surface area contributed by atoms with Crippen LogP contribution in [0, 0.1) is 0 Å². The minimum Gasteiger partial charge on any atom is -0.396 e. The third-order valence-corrected chi connectivity index (χ3v) is 1.56. The van der Waals surface area contributed by atoms with Gasteiger partial charge in [0.1, 0.15) is 0 Å². The molecule has 0 aliphatic rings. The first-order valence-electron chi connectivity index (χ1n) is 6.38. The predicted molar refractivity (Wildman–Crippen MR) is 78.8 cm³/mol. The molecule has 0 aromatic heterocycles. The van der Waals surface area contributed by atoms with Gasteiger partial charge in [0.15, 0.2) is 0 Å². The maximum absolute atomic E-state index is 7.88. The largest absolute Gasteiger partial charge is 2.00 e. The zero-order valence-corrected chi connectivity index (χ0v) is 14.5. The molecule has 0 amide bonds. The Morgan fingerprint density at radius 3 is 0.947 bits per heavy atom. The van der Waals surface area contributed by atoms with E-state index in [0.29, 0.717) is 13.2 Å². The van der Waals surface area contributed by atoms with Crippen LogP contribution in [0.25, 0.3) is 0 Å². The SMILES string of the molecule is CCCO.CCCO.[Zr+2].c1cc[cH-]c1.c1cc[cH-]c1. The first kappa shape index (κ1) is 23.6. The molecule has 0 radical (unpaired) electrons. The Bertz CT molecular complexity index is 196. The summed E-state index contributed by atoms with van der Waals surface area (Å²) >= 11 is 0. The predicted octanol–water partition coefficient (Wildman–Crippen LogP) is 3.59. The minimum atomic E-state index is 0. The summed E-state index contributed by atoms with van der Waals surface area (Å²) in [4.78, 5) is 0. The van der Waals surface area contributed by atoms with Crippen molar-refractivity contribution in [2.75, 3.05) is 13.2 Å². The summed E-state index contributed by atoms with van der Waals surface area (Å²) in [6, 6.07) is 20.0. The van der Waals surface area contributed by atoms with Gasteiger partial charge in [-0.1, -0.05) is 13.8 Å². The van der Waals surface area contributed by atoms with Gasteiger partial charge >= 0.3 is 26.2 Å². The third kappa shape index (κ3) is 31.8. The van der Waals surface area contributed by atoms with Crippen molar-refractivity contribution in [2.45, 2.75) is 26.7 Å². The van der Waals surface area contributed by atoms with Crippen LogP contribution in [0.1, 0.15) is 26.7 Å². The number of rotatable bonds is 2. The molecule has 3 heteroatoms. The van der Waals surface area contributed by atoms with Crippen LogP contribution in [0.15, 0.2) is 60.7 Å². The Hall–Kier alpha value is -0.497. The Morgan fingerprint density at radius 1 is 0.684 bits per heavy atom. The van der Waals surface area contributed by atoms with Gasteiger partial charge in [0, 0.05) is 13.2 Å². The molecule has 0 spiro atoms. The molecule has 106 valence electrons. The Balaban J connectivity index is -0.000000178. The Morgan fingerprint density at radius 2 is 0.895 bits per heavy atom. The quantitative estimate of drug-likeness (QED) is 0.820. The fraction of sp³-hybridized carbons (Fsp3) is 0.375. The molecule has 0 atom stereocenters. The van der Waals surface area contributed by atoms with Crippen LogP contribution in [0.2, 0.25) is 0 Å². The molecular formula is C16H26O2Zr. The molecule has 2 aromatic carbocycles. The van der Waals surface area contributed by atoms with Gasteiger partial charge in [-0.25, -0.2) is 24.3 Å². The van der Waals surface area contributed by atoms with Gasteiger partial charge in [-0.3, -0.25) is 0 Å². The van der Waals surface area contributed by atoms with E-state index in [9.17, 15) is 0 Å². The van der Waals surface area contributed by atoms with Gasteiger partial charge in [-0.05, 0) is 12.8 Å². The van der Waals surface area contributed by atoms with Crippen molar-refractivity contribution < 1.29 is 36.4 Å². The molecule has 0 bridgehead atoms. The van der Waals surface area contributed by atoms with Gasteiger partial charge in [-0.15, -0.1) is 0 Å². The van der Waals surface area contributed by atoms with Crippen molar-refractivity contribution in [2.24, 2.45) is 0 Å². The molecule has 2 rings (SSSR count). The number of hydrogen-bond donors (Lipinski definition) is 2. The van der Waals surface area contributed by atoms with E-state index in [2.05, 4.69) is 0 Å². The molecule has 2 nitrogen and oxygen atoms in total. The van der Waals surface area contributed by atoms with Crippen LogP contribution in [-0.2, 0) is 26.2 Å². The fourth-order valence-corrected chi connectivity index (χ4v) is 0.642. The van der Waals surface area contributed by atoms with Crippen LogP contribution in [0.4, 0.5) is 0 Å². The van der Waals surface area contributed by atoms with E-state index in [0.717, 1.165) is 12.8 Å². The molecule has 0 fully saturated rings. The van der Waals surface area contributed by atoms with Crippen molar-refractivity contribution in [1.29, 1.82) is 0 Å². The van der Waals surface area contributed by atoms with Crippen molar-refractivity contribution in [1.82, 2.24) is 0 Å². The van der Waals surface area contributed by atoms with E-state index in [1.165, 1.54) is 0 Å². The second-order valence-electron chi connectivity index (χ2n) is 3.37. The van der Waals surface area contributed by atoms with E-state index in [-0.39, 0.29) is 26.2 Å². The Labute approximate surface area is 137 Å². The Kier molecular flexibility index (Phi) is 32.5. The fourth-order valence-electron chi connectivity index (χ4n) is 0.642. The van der Waals surface area contributed by atoms with Crippen LogP contribution < -0.4 is 0 Å². The average molecular weight is 342 g/mol. The molecule has 2 aromatic rings.